The van der Waals surface area contributed by atoms with Crippen LogP contribution >= 0.6 is 0 Å². The molecule has 2 nitrogen and oxygen atoms in total. The molecule has 0 N–H and O–H groups in total. The third kappa shape index (κ3) is 2.49. The second-order valence-electron chi connectivity index (χ2n) is 3.32. The van der Waals surface area contributed by atoms with Gasteiger partial charge in [0.1, 0.15) is 0 Å². The third-order valence-electron chi connectivity index (χ3n) is 2.38. The van der Waals surface area contributed by atoms with E-state index in [2.05, 4.69) is 23.8 Å². The van der Waals surface area contributed by atoms with Gasteiger partial charge in [0.05, 0.1) is 11.4 Å². The second kappa shape index (κ2) is 5.14. The van der Waals surface area contributed by atoms with Crippen LogP contribution in [-0.4, -0.2) is 9.97 Å². The van der Waals surface area contributed by atoms with Gasteiger partial charge in [0, 0.05) is 32.2 Å². The first kappa shape index (κ1) is 12.0. The monoisotopic (exact) mass is 376 g/mol. The Balaban J connectivity index is 0.00000112. The van der Waals surface area contributed by atoms with E-state index in [9.17, 15) is 0 Å². The van der Waals surface area contributed by atoms with Gasteiger partial charge in [-0.1, -0.05) is 6.07 Å². The third-order valence-corrected chi connectivity index (χ3v) is 2.38. The minimum Gasteiger partial charge on any atom is -0.255 e. The van der Waals surface area contributed by atoms with Crippen LogP contribution in [0.4, 0.5) is 0 Å². The van der Waals surface area contributed by atoms with E-state index in [1.807, 2.05) is 30.5 Å². The summed E-state index contributed by atoms with van der Waals surface area (Å²) in [5, 5.41) is 0. The number of hydrogen-bond donors (Lipinski definition) is 0. The number of aromatic nitrogens is 2. The summed E-state index contributed by atoms with van der Waals surface area (Å²) in [6.45, 7) is 4.16. The topological polar surface area (TPSA) is 25.8 Å². The fraction of sp³-hybridized carbons (Fsp3) is 0.167. The largest absolute Gasteiger partial charge is 0.255 e. The van der Waals surface area contributed by atoms with Gasteiger partial charge in [-0.3, -0.25) is 9.97 Å². The number of aryl methyl sites for hydroxylation is 1. The van der Waals surface area contributed by atoms with E-state index < -0.39 is 0 Å². The smallest absolute Gasteiger partial charge is 0.0917 e. The zero-order valence-corrected chi connectivity index (χ0v) is 11.3. The first-order valence-electron chi connectivity index (χ1n) is 4.62. The molecule has 0 aliphatic carbocycles. The Hall–Kier alpha value is -1.06. The molecule has 2 aromatic rings. The summed E-state index contributed by atoms with van der Waals surface area (Å²) in [5.74, 6) is 0. The van der Waals surface area contributed by atoms with E-state index >= 15 is 0 Å². The van der Waals surface area contributed by atoms with Crippen molar-refractivity contribution in [1.82, 2.24) is 9.97 Å². The Kier molecular flexibility index (Phi) is 4.11. The van der Waals surface area contributed by atoms with Crippen LogP contribution in [-0.2, 0) is 19.8 Å². The van der Waals surface area contributed by atoms with Crippen molar-refractivity contribution < 1.29 is 19.8 Å². The molecule has 0 bridgehead atoms. The SMILES string of the molecule is Cc1ccnc(-c2ccccn2)c1C.[Os]. The minimum atomic E-state index is 0. The zero-order chi connectivity index (χ0) is 9.97. The number of pyridine rings is 2. The molecule has 0 radical (unpaired) electrons. The van der Waals surface area contributed by atoms with Crippen LogP contribution in [0.3, 0.4) is 0 Å². The fourth-order valence-electron chi connectivity index (χ4n) is 1.39. The van der Waals surface area contributed by atoms with Crippen molar-refractivity contribution in [2.45, 2.75) is 13.8 Å². The van der Waals surface area contributed by atoms with Crippen LogP contribution in [0.25, 0.3) is 11.4 Å². The van der Waals surface area contributed by atoms with Crippen molar-refractivity contribution in [1.29, 1.82) is 0 Å². The van der Waals surface area contributed by atoms with Gasteiger partial charge >= 0.3 is 0 Å². The molecule has 2 heterocycles. The van der Waals surface area contributed by atoms with Crippen LogP contribution in [0.5, 0.6) is 0 Å². The molecule has 78 valence electrons. The van der Waals surface area contributed by atoms with Crippen LogP contribution in [0.2, 0.25) is 0 Å². The summed E-state index contributed by atoms with van der Waals surface area (Å²) in [6, 6.07) is 7.89. The molecule has 0 spiro atoms. The van der Waals surface area contributed by atoms with Crippen molar-refractivity contribution in [3.05, 3.63) is 47.8 Å². The molecule has 0 aliphatic rings. The van der Waals surface area contributed by atoms with E-state index in [1.54, 1.807) is 6.20 Å². The van der Waals surface area contributed by atoms with Gasteiger partial charge < -0.3 is 0 Å². The Bertz CT molecular complexity index is 441. The summed E-state index contributed by atoms with van der Waals surface area (Å²) >= 11 is 0. The maximum absolute atomic E-state index is 4.35. The quantitative estimate of drug-likeness (QED) is 0.767. The summed E-state index contributed by atoms with van der Waals surface area (Å²) in [6.07, 6.45) is 3.62. The van der Waals surface area contributed by atoms with E-state index in [4.69, 9.17) is 0 Å². The van der Waals surface area contributed by atoms with Crippen LogP contribution in [0, 0.1) is 13.8 Å². The van der Waals surface area contributed by atoms with Gasteiger partial charge in [-0.2, -0.15) is 0 Å². The summed E-state index contributed by atoms with van der Waals surface area (Å²) in [7, 11) is 0. The molecule has 2 rings (SSSR count). The van der Waals surface area contributed by atoms with E-state index in [-0.39, 0.29) is 19.8 Å². The van der Waals surface area contributed by atoms with Gasteiger partial charge in [-0.25, -0.2) is 0 Å². The Morgan fingerprint density at radius 2 is 1.73 bits per heavy atom. The molecule has 3 heteroatoms. The van der Waals surface area contributed by atoms with Crippen molar-refractivity contribution in [2.24, 2.45) is 0 Å². The molecule has 0 fully saturated rings. The van der Waals surface area contributed by atoms with Crippen LogP contribution in [0.15, 0.2) is 36.7 Å². The molecular formula is C12H12N2Os. The van der Waals surface area contributed by atoms with E-state index in [1.165, 1.54) is 11.1 Å². The first-order valence-corrected chi connectivity index (χ1v) is 4.62. The molecule has 0 atom stereocenters. The molecule has 0 saturated carbocycles. The summed E-state index contributed by atoms with van der Waals surface area (Å²) in [5.41, 5.74) is 4.37. The number of hydrogen-bond acceptors (Lipinski definition) is 2. The minimum absolute atomic E-state index is 0. The van der Waals surface area contributed by atoms with Gasteiger partial charge in [0.15, 0.2) is 0 Å². The predicted octanol–water partition coefficient (Wildman–Crippen LogP) is 2.76. The average molecular weight is 374 g/mol. The van der Waals surface area contributed by atoms with Crippen molar-refractivity contribution in [3.8, 4) is 11.4 Å². The van der Waals surface area contributed by atoms with Gasteiger partial charge in [0.25, 0.3) is 0 Å². The van der Waals surface area contributed by atoms with Crippen molar-refractivity contribution >= 4 is 0 Å². The fourth-order valence-corrected chi connectivity index (χ4v) is 1.39. The first-order chi connectivity index (χ1) is 6.79. The maximum Gasteiger partial charge on any atom is 0.0917 e. The van der Waals surface area contributed by atoms with E-state index in [0.29, 0.717) is 0 Å². The Labute approximate surface area is 103 Å². The summed E-state index contributed by atoms with van der Waals surface area (Å²) < 4.78 is 0. The van der Waals surface area contributed by atoms with Gasteiger partial charge in [-0.15, -0.1) is 0 Å². The zero-order valence-electron chi connectivity index (χ0n) is 8.71. The maximum atomic E-state index is 4.35. The number of nitrogens with zero attached hydrogens (tertiary/aromatic N) is 2. The Morgan fingerprint density at radius 3 is 2.40 bits per heavy atom. The predicted molar refractivity (Wildman–Crippen MR) is 56.9 cm³/mol. The van der Waals surface area contributed by atoms with Crippen LogP contribution < -0.4 is 0 Å². The Morgan fingerprint density at radius 1 is 0.933 bits per heavy atom. The standard InChI is InChI=1S/C12H12N2.Os/c1-9-6-8-14-12(10(9)2)11-5-3-4-7-13-11;/h3-8H,1-2H3;. The molecule has 15 heavy (non-hydrogen) atoms. The number of rotatable bonds is 1. The van der Waals surface area contributed by atoms with E-state index in [0.717, 1.165) is 11.4 Å². The van der Waals surface area contributed by atoms with Crippen LogP contribution in [0.1, 0.15) is 11.1 Å². The summed E-state index contributed by atoms with van der Waals surface area (Å²) in [4.78, 5) is 8.64. The molecule has 0 aliphatic heterocycles. The van der Waals surface area contributed by atoms with Crippen molar-refractivity contribution in [3.63, 3.8) is 0 Å². The normalized spacial score (nSPS) is 9.47. The van der Waals surface area contributed by atoms with Crippen molar-refractivity contribution in [2.75, 3.05) is 0 Å². The average Bonchev–Trinajstić information content (AvgIpc) is 2.23. The second-order valence-corrected chi connectivity index (χ2v) is 3.32. The van der Waals surface area contributed by atoms with Gasteiger partial charge in [-0.05, 0) is 43.2 Å². The molecule has 0 saturated heterocycles. The molecule has 0 unspecified atom stereocenters. The molecule has 0 amide bonds. The molecule has 2 aromatic heterocycles. The van der Waals surface area contributed by atoms with Gasteiger partial charge in [0.2, 0.25) is 0 Å². The molecule has 0 aromatic carbocycles. The molecular weight excluding hydrogens is 362 g/mol.